The quantitative estimate of drug-likeness (QED) is 0.786. The zero-order valence-electron chi connectivity index (χ0n) is 13.7. The number of rotatable bonds is 3. The Hall–Kier alpha value is -0.930. The molecular weight excluding hydrogens is 368 g/mol. The van der Waals surface area contributed by atoms with Crippen molar-refractivity contribution in [2.75, 3.05) is 32.1 Å². The number of nitrogens with zero attached hydrogens (tertiary/aromatic N) is 1. The molecule has 0 radical (unpaired) electrons. The summed E-state index contributed by atoms with van der Waals surface area (Å²) in [4.78, 5) is 1.76. The van der Waals surface area contributed by atoms with Gasteiger partial charge in [-0.15, -0.1) is 0 Å². The molecule has 0 saturated carbocycles. The summed E-state index contributed by atoms with van der Waals surface area (Å²) in [6, 6.07) is 1.38. The van der Waals surface area contributed by atoms with E-state index in [9.17, 15) is 31.4 Å². The van der Waals surface area contributed by atoms with Crippen molar-refractivity contribution in [3.05, 3.63) is 34.9 Å². The number of alkyl halides is 6. The molecule has 142 valence electrons. The minimum absolute atomic E-state index is 0.0887. The molecule has 0 amide bonds. The lowest BCUT2D eigenvalue weighted by Gasteiger charge is -2.41. The highest BCUT2D eigenvalue weighted by Crippen LogP contribution is 2.44. The Labute approximate surface area is 146 Å². The SMILES string of the molecule is CN(C)C[C@H]1CSCC[C@]1(O)c1cc(C(F)(F)F)cc(C(F)(F)F)c1. The van der Waals surface area contributed by atoms with E-state index >= 15 is 0 Å². The zero-order chi connectivity index (χ0) is 19.0. The molecule has 1 N–H and O–H groups in total. The van der Waals surface area contributed by atoms with Gasteiger partial charge in [0.1, 0.15) is 0 Å². The van der Waals surface area contributed by atoms with Crippen LogP contribution in [0.2, 0.25) is 0 Å². The van der Waals surface area contributed by atoms with Gasteiger partial charge >= 0.3 is 12.4 Å². The fourth-order valence-electron chi connectivity index (χ4n) is 3.02. The highest BCUT2D eigenvalue weighted by atomic mass is 32.2. The van der Waals surface area contributed by atoms with E-state index in [-0.39, 0.29) is 18.1 Å². The molecule has 1 saturated heterocycles. The van der Waals surface area contributed by atoms with Gasteiger partial charge in [0.2, 0.25) is 0 Å². The monoisotopic (exact) mass is 387 g/mol. The summed E-state index contributed by atoms with van der Waals surface area (Å²) in [5.41, 5.74) is -4.83. The lowest BCUT2D eigenvalue weighted by molar-refractivity contribution is -0.143. The van der Waals surface area contributed by atoms with E-state index in [0.717, 1.165) is 0 Å². The Morgan fingerprint density at radius 2 is 1.60 bits per heavy atom. The molecule has 1 fully saturated rings. The normalized spacial score (nSPS) is 25.4. The molecule has 0 unspecified atom stereocenters. The van der Waals surface area contributed by atoms with Gasteiger partial charge < -0.3 is 10.0 Å². The van der Waals surface area contributed by atoms with Crippen LogP contribution in [0.1, 0.15) is 23.1 Å². The first kappa shape index (κ1) is 20.4. The zero-order valence-corrected chi connectivity index (χ0v) is 14.5. The average molecular weight is 387 g/mol. The fourth-order valence-corrected chi connectivity index (χ4v) is 4.31. The molecular formula is C16H19F6NOS. The average Bonchev–Trinajstić information content (AvgIpc) is 2.47. The third-order valence-electron chi connectivity index (χ3n) is 4.30. The van der Waals surface area contributed by atoms with Crippen LogP contribution in [0.15, 0.2) is 18.2 Å². The van der Waals surface area contributed by atoms with Crippen molar-refractivity contribution in [3.8, 4) is 0 Å². The van der Waals surface area contributed by atoms with Crippen molar-refractivity contribution in [2.24, 2.45) is 5.92 Å². The molecule has 0 bridgehead atoms. The van der Waals surface area contributed by atoms with Gasteiger partial charge in [-0.3, -0.25) is 0 Å². The van der Waals surface area contributed by atoms with E-state index < -0.39 is 35.0 Å². The Balaban J connectivity index is 2.58. The summed E-state index contributed by atoms with van der Waals surface area (Å²) >= 11 is 1.53. The third-order valence-corrected chi connectivity index (χ3v) is 5.43. The van der Waals surface area contributed by atoms with Crippen LogP contribution in [0.25, 0.3) is 0 Å². The van der Waals surface area contributed by atoms with Gasteiger partial charge in [-0.1, -0.05) is 0 Å². The van der Waals surface area contributed by atoms with Gasteiger partial charge in [-0.05, 0) is 50.0 Å². The van der Waals surface area contributed by atoms with Gasteiger partial charge in [-0.25, -0.2) is 0 Å². The first-order valence-electron chi connectivity index (χ1n) is 7.59. The number of hydrogen-bond acceptors (Lipinski definition) is 3. The molecule has 25 heavy (non-hydrogen) atoms. The lowest BCUT2D eigenvalue weighted by atomic mass is 9.78. The largest absolute Gasteiger partial charge is 0.416 e. The summed E-state index contributed by atoms with van der Waals surface area (Å²) in [7, 11) is 3.49. The molecule has 0 aliphatic carbocycles. The van der Waals surface area contributed by atoms with Crippen LogP contribution in [-0.4, -0.2) is 42.2 Å². The number of benzene rings is 1. The van der Waals surface area contributed by atoms with Crippen molar-refractivity contribution in [2.45, 2.75) is 24.4 Å². The molecule has 2 atom stereocenters. The van der Waals surface area contributed by atoms with Crippen LogP contribution < -0.4 is 0 Å². The molecule has 9 heteroatoms. The van der Waals surface area contributed by atoms with E-state index in [0.29, 0.717) is 30.2 Å². The van der Waals surface area contributed by atoms with Gasteiger partial charge in [-0.2, -0.15) is 38.1 Å². The number of aliphatic hydroxyl groups is 1. The first-order valence-corrected chi connectivity index (χ1v) is 8.74. The van der Waals surface area contributed by atoms with Gasteiger partial charge in [0.05, 0.1) is 16.7 Å². The first-order chi connectivity index (χ1) is 11.3. The van der Waals surface area contributed by atoms with Crippen molar-refractivity contribution in [3.63, 3.8) is 0 Å². The molecule has 1 aromatic rings. The summed E-state index contributed by atoms with van der Waals surface area (Å²) in [6.07, 6.45) is -9.74. The van der Waals surface area contributed by atoms with Crippen molar-refractivity contribution >= 4 is 11.8 Å². The third kappa shape index (κ3) is 4.62. The summed E-state index contributed by atoms with van der Waals surface area (Å²) in [5, 5.41) is 11.1. The van der Waals surface area contributed by atoms with Crippen LogP contribution >= 0.6 is 11.8 Å². The molecule has 1 aromatic carbocycles. The fraction of sp³-hybridized carbons (Fsp3) is 0.625. The second-order valence-corrected chi connectivity index (χ2v) is 7.65. The summed E-state index contributed by atoms with van der Waals surface area (Å²) in [5.74, 6) is 0.468. The predicted molar refractivity (Wildman–Crippen MR) is 84.3 cm³/mol. The smallest absolute Gasteiger partial charge is 0.385 e. The predicted octanol–water partition coefficient (Wildman–Crippen LogP) is 4.23. The van der Waals surface area contributed by atoms with Gasteiger partial charge in [0.15, 0.2) is 0 Å². The molecule has 1 aliphatic rings. The maximum absolute atomic E-state index is 13.1. The Kier molecular flexibility index (Phi) is 5.71. The van der Waals surface area contributed by atoms with E-state index in [1.807, 2.05) is 0 Å². The van der Waals surface area contributed by atoms with E-state index in [1.165, 1.54) is 11.8 Å². The Morgan fingerprint density at radius 1 is 1.08 bits per heavy atom. The van der Waals surface area contributed by atoms with E-state index in [2.05, 4.69) is 0 Å². The second kappa shape index (κ2) is 7.00. The van der Waals surface area contributed by atoms with Gasteiger partial charge in [0.25, 0.3) is 0 Å². The number of halogens is 6. The maximum Gasteiger partial charge on any atom is 0.416 e. The second-order valence-electron chi connectivity index (χ2n) is 6.50. The highest BCUT2D eigenvalue weighted by molar-refractivity contribution is 7.99. The molecule has 1 heterocycles. The minimum atomic E-state index is -4.92. The van der Waals surface area contributed by atoms with Crippen molar-refractivity contribution in [1.82, 2.24) is 4.90 Å². The van der Waals surface area contributed by atoms with Crippen LogP contribution in [0.3, 0.4) is 0 Å². The molecule has 0 spiro atoms. The van der Waals surface area contributed by atoms with Crippen LogP contribution in [0, 0.1) is 5.92 Å². The lowest BCUT2D eigenvalue weighted by Crippen LogP contribution is -2.45. The van der Waals surface area contributed by atoms with Crippen molar-refractivity contribution < 1.29 is 31.4 Å². The van der Waals surface area contributed by atoms with E-state index in [1.54, 1.807) is 19.0 Å². The number of hydrogen-bond donors (Lipinski definition) is 1. The summed E-state index contributed by atoms with van der Waals surface area (Å²) < 4.78 is 78.4. The van der Waals surface area contributed by atoms with Gasteiger partial charge in [0, 0.05) is 18.2 Å². The molecule has 2 rings (SSSR count). The minimum Gasteiger partial charge on any atom is -0.385 e. The number of thioether (sulfide) groups is 1. The topological polar surface area (TPSA) is 23.5 Å². The molecule has 1 aliphatic heterocycles. The maximum atomic E-state index is 13.1. The summed E-state index contributed by atoms with van der Waals surface area (Å²) in [6.45, 7) is 0.362. The van der Waals surface area contributed by atoms with E-state index in [4.69, 9.17) is 0 Å². The molecule has 0 aromatic heterocycles. The van der Waals surface area contributed by atoms with Crippen LogP contribution in [0.5, 0.6) is 0 Å². The van der Waals surface area contributed by atoms with Crippen LogP contribution in [-0.2, 0) is 18.0 Å². The van der Waals surface area contributed by atoms with Crippen molar-refractivity contribution in [1.29, 1.82) is 0 Å². The molecule has 2 nitrogen and oxygen atoms in total. The Bertz CT molecular complexity index is 583. The van der Waals surface area contributed by atoms with Crippen LogP contribution in [0.4, 0.5) is 26.3 Å². The standard InChI is InChI=1S/C16H19F6NOS/c1-23(2)8-13-9-25-4-3-14(13,24)10-5-11(15(17,18)19)7-12(6-10)16(20,21)22/h5-7,13,24H,3-4,8-9H2,1-2H3/t13-,14-/m0/s1. The Morgan fingerprint density at radius 3 is 2.04 bits per heavy atom. The highest BCUT2D eigenvalue weighted by Gasteiger charge is 2.44.